The van der Waals surface area contributed by atoms with Crippen molar-refractivity contribution in [2.45, 2.75) is 114 Å². The zero-order valence-electron chi connectivity index (χ0n) is 32.4. The highest BCUT2D eigenvalue weighted by Crippen LogP contribution is 2.46. The number of aliphatic hydroxyl groups is 1. The fraction of sp³-hybridized carbons (Fsp3) is 0.439. The Bertz CT molecular complexity index is 2340. The maximum atomic E-state index is 15.3. The molecule has 0 fully saturated rings. The Hall–Kier alpha value is -4.60. The molecule has 0 saturated carbocycles. The summed E-state index contributed by atoms with van der Waals surface area (Å²) in [6.07, 6.45) is -0.123. The van der Waals surface area contributed by atoms with E-state index >= 15 is 4.39 Å². The quantitative estimate of drug-likeness (QED) is 0.0771. The van der Waals surface area contributed by atoms with Crippen molar-refractivity contribution < 1.29 is 38.1 Å². The first-order valence-electron chi connectivity index (χ1n) is 18.6. The van der Waals surface area contributed by atoms with Gasteiger partial charge in [0.05, 0.1) is 35.1 Å². The average molecular weight is 805 g/mol. The van der Waals surface area contributed by atoms with Gasteiger partial charge in [-0.05, 0) is 101 Å². The first-order valence-corrected chi connectivity index (χ1v) is 20.7. The summed E-state index contributed by atoms with van der Waals surface area (Å²) in [4.78, 5) is 57.9. The van der Waals surface area contributed by atoms with Crippen molar-refractivity contribution in [2.24, 2.45) is 0 Å². The van der Waals surface area contributed by atoms with E-state index in [4.69, 9.17) is 19.2 Å². The Morgan fingerprint density at radius 3 is 2.52 bits per heavy atom. The second kappa shape index (κ2) is 14.7. The number of aryl methyl sites for hydroxylation is 1. The molecule has 2 aliphatic heterocycles. The van der Waals surface area contributed by atoms with Gasteiger partial charge >= 0.3 is 18.2 Å². The van der Waals surface area contributed by atoms with Crippen molar-refractivity contribution in [1.29, 1.82) is 0 Å². The summed E-state index contributed by atoms with van der Waals surface area (Å²) in [6.45, 7) is 13.2. The first kappa shape index (κ1) is 39.6. The smallest absolute Gasteiger partial charge is 0.407 e. The number of nitrogens with one attached hydrogen (secondary N) is 2. The van der Waals surface area contributed by atoms with Crippen LogP contribution < -0.4 is 16.2 Å². The van der Waals surface area contributed by atoms with E-state index in [1.807, 2.05) is 58.9 Å². The first-order chi connectivity index (χ1) is 26.4. The molecule has 2 amide bonds. The minimum Gasteiger partial charge on any atom is -0.458 e. The number of hydrogen-bond acceptors (Lipinski definition) is 11. The fourth-order valence-corrected chi connectivity index (χ4v) is 9.64. The van der Waals surface area contributed by atoms with E-state index in [-0.39, 0.29) is 42.1 Å². The highest BCUT2D eigenvalue weighted by atomic mass is 33.1. The second-order valence-electron chi connectivity index (χ2n) is 16.0. The highest BCUT2D eigenvalue weighted by molar-refractivity contribution is 8.77. The molecule has 3 N–H and O–H groups in total. The van der Waals surface area contributed by atoms with Crippen molar-refractivity contribution >= 4 is 50.6 Å². The van der Waals surface area contributed by atoms with Crippen LogP contribution >= 0.6 is 21.6 Å². The summed E-state index contributed by atoms with van der Waals surface area (Å²) < 4.78 is 32.8. The molecule has 0 radical (unpaired) electrons. The van der Waals surface area contributed by atoms with Crippen LogP contribution in [0.4, 0.5) is 14.0 Å². The summed E-state index contributed by atoms with van der Waals surface area (Å²) >= 11 is 0. The van der Waals surface area contributed by atoms with Gasteiger partial charge in [-0.2, -0.15) is 0 Å². The third kappa shape index (κ3) is 7.48. The van der Waals surface area contributed by atoms with Crippen LogP contribution in [-0.4, -0.2) is 49.7 Å². The molecule has 296 valence electrons. The molecule has 3 aliphatic rings. The molecule has 15 heteroatoms. The van der Waals surface area contributed by atoms with E-state index in [2.05, 4.69) is 10.6 Å². The number of halogens is 1. The van der Waals surface area contributed by atoms with E-state index < -0.39 is 46.8 Å². The Balaban J connectivity index is 1.08. The lowest BCUT2D eigenvalue weighted by Gasteiger charge is -2.31. The Morgan fingerprint density at radius 2 is 1.82 bits per heavy atom. The molecule has 7 rings (SSSR count). The monoisotopic (exact) mass is 804 g/mol. The lowest BCUT2D eigenvalue weighted by Crippen LogP contribution is -2.44. The highest BCUT2D eigenvalue weighted by Gasteiger charge is 2.46. The molecule has 2 aromatic carbocycles. The van der Waals surface area contributed by atoms with Gasteiger partial charge in [0, 0.05) is 38.8 Å². The number of fused-ring (bicyclic) bond motifs is 5. The number of benzene rings is 2. The van der Waals surface area contributed by atoms with Gasteiger partial charge in [-0.15, -0.1) is 0 Å². The zero-order chi connectivity index (χ0) is 40.3. The summed E-state index contributed by atoms with van der Waals surface area (Å²) in [6, 6.07) is 10.1. The molecule has 2 atom stereocenters. The molecular weight excluding hydrogens is 760 g/mol. The number of carbonyl (C=O) groups is 3. The number of rotatable bonds is 9. The SMILES string of the molecule is CC[C@@]1(O)C(=O)OCc2c1cc1n(c2=O)Cc2c-1nc1cc(F)c(C)c3c1c2[C@@H](NC(=O)OCc1ccc(SSC(C)(C)CNC(=O)OC(C)(C)C)cc1)CC3. The fourth-order valence-electron chi connectivity index (χ4n) is 7.46. The van der Waals surface area contributed by atoms with Crippen LogP contribution in [0, 0.1) is 12.7 Å². The summed E-state index contributed by atoms with van der Waals surface area (Å²) in [7, 11) is 3.20. The predicted molar refractivity (Wildman–Crippen MR) is 212 cm³/mol. The number of ether oxygens (including phenoxy) is 3. The molecular formula is C41H45FN4O8S2. The van der Waals surface area contributed by atoms with Gasteiger partial charge in [-0.3, -0.25) is 4.79 Å². The van der Waals surface area contributed by atoms with Crippen LogP contribution in [0.2, 0.25) is 0 Å². The standard InChI is InChI=1S/C41H45FN4O8S2/c1-8-41(51)27-15-31-34-25(17-46(31)35(47)26(27)19-52-36(41)48)33-29(14-13-24-21(2)28(42)16-30(44-34)32(24)33)45-38(50)53-18-22-9-11-23(12-10-22)55-56-40(6,7)20-43-37(49)54-39(3,4)5/h9-12,15-16,29,51H,8,13-14,17-20H2,1-7H3,(H,43,49)(H,45,50)/t29-,41-/m0/s1. The van der Waals surface area contributed by atoms with Crippen molar-refractivity contribution in [1.82, 2.24) is 20.2 Å². The van der Waals surface area contributed by atoms with E-state index in [9.17, 15) is 24.3 Å². The topological polar surface area (TPSA) is 158 Å². The minimum atomic E-state index is -1.99. The van der Waals surface area contributed by atoms with Gasteiger partial charge in [-0.1, -0.05) is 40.6 Å². The van der Waals surface area contributed by atoms with E-state index in [0.717, 1.165) is 27.0 Å². The van der Waals surface area contributed by atoms with Crippen LogP contribution in [0.3, 0.4) is 0 Å². The van der Waals surface area contributed by atoms with Crippen molar-refractivity contribution in [2.75, 3.05) is 6.54 Å². The molecule has 0 bridgehead atoms. The summed E-state index contributed by atoms with van der Waals surface area (Å²) in [5.41, 5.74) is 2.20. The third-order valence-corrected chi connectivity index (χ3v) is 13.7. The summed E-state index contributed by atoms with van der Waals surface area (Å²) in [5, 5.41) is 17.9. The number of aromatic nitrogens is 2. The van der Waals surface area contributed by atoms with Gasteiger partial charge in [0.15, 0.2) is 5.60 Å². The van der Waals surface area contributed by atoms with Crippen LogP contribution in [0.1, 0.15) is 99.4 Å². The van der Waals surface area contributed by atoms with Gasteiger partial charge in [0.25, 0.3) is 5.56 Å². The van der Waals surface area contributed by atoms with Crippen molar-refractivity contribution in [3.8, 4) is 11.4 Å². The zero-order valence-corrected chi connectivity index (χ0v) is 34.0. The molecule has 4 aromatic rings. The van der Waals surface area contributed by atoms with Crippen LogP contribution in [0.25, 0.3) is 22.3 Å². The minimum absolute atomic E-state index is 0.00407. The Labute approximate surface area is 331 Å². The molecule has 1 aliphatic carbocycles. The number of hydrogen-bond donors (Lipinski definition) is 3. The third-order valence-electron chi connectivity index (χ3n) is 10.4. The number of amides is 2. The molecule has 12 nitrogen and oxygen atoms in total. The molecule has 4 heterocycles. The predicted octanol–water partition coefficient (Wildman–Crippen LogP) is 7.48. The largest absolute Gasteiger partial charge is 0.458 e. The average Bonchev–Trinajstić information content (AvgIpc) is 3.52. The van der Waals surface area contributed by atoms with E-state index in [0.29, 0.717) is 47.4 Å². The van der Waals surface area contributed by atoms with Crippen LogP contribution in [0.5, 0.6) is 0 Å². The lowest BCUT2D eigenvalue weighted by atomic mass is 9.81. The maximum absolute atomic E-state index is 15.3. The van der Waals surface area contributed by atoms with Crippen LogP contribution in [0.15, 0.2) is 46.1 Å². The molecule has 0 saturated heterocycles. The number of nitrogens with zero attached hydrogens (tertiary/aromatic N) is 2. The number of cyclic esters (lactones) is 1. The van der Waals surface area contributed by atoms with Crippen LogP contribution in [-0.2, 0) is 50.8 Å². The molecule has 56 heavy (non-hydrogen) atoms. The van der Waals surface area contributed by atoms with Gasteiger partial charge in [0.1, 0.15) is 24.6 Å². The Morgan fingerprint density at radius 1 is 1.09 bits per heavy atom. The number of carbonyl (C=O) groups excluding carboxylic acids is 3. The van der Waals surface area contributed by atoms with Gasteiger partial charge in [-0.25, -0.2) is 23.8 Å². The molecule has 0 unspecified atom stereocenters. The normalized spacial score (nSPS) is 18.4. The van der Waals surface area contributed by atoms with Gasteiger partial charge in [0.2, 0.25) is 0 Å². The second-order valence-corrected chi connectivity index (χ2v) is 19.0. The number of pyridine rings is 2. The molecule has 0 spiro atoms. The maximum Gasteiger partial charge on any atom is 0.407 e. The lowest BCUT2D eigenvalue weighted by molar-refractivity contribution is -0.172. The van der Waals surface area contributed by atoms with Gasteiger partial charge < -0.3 is 34.5 Å². The number of alkyl carbamates (subject to hydrolysis) is 2. The summed E-state index contributed by atoms with van der Waals surface area (Å²) in [5.74, 6) is -1.22. The van der Waals surface area contributed by atoms with Crippen molar-refractivity contribution in [3.05, 3.63) is 91.5 Å². The number of esters is 1. The van der Waals surface area contributed by atoms with E-state index in [1.54, 1.807) is 41.5 Å². The Kier molecular flexibility index (Phi) is 10.4. The van der Waals surface area contributed by atoms with E-state index in [1.165, 1.54) is 10.6 Å². The molecule has 2 aromatic heterocycles. The van der Waals surface area contributed by atoms with Crippen molar-refractivity contribution in [3.63, 3.8) is 0 Å².